The van der Waals surface area contributed by atoms with E-state index in [0.717, 1.165) is 5.56 Å². The van der Waals surface area contributed by atoms with Gasteiger partial charge in [-0.2, -0.15) is 9.98 Å². The molecule has 3 N–H and O–H groups in total. The van der Waals surface area contributed by atoms with E-state index in [2.05, 4.69) is 20.5 Å². The third kappa shape index (κ3) is 5.39. The fourth-order valence-electron chi connectivity index (χ4n) is 4.98. The smallest absolute Gasteiger partial charge is 0.241 e. The zero-order valence-electron chi connectivity index (χ0n) is 21.7. The third-order valence-corrected chi connectivity index (χ3v) is 10.1. The number of hydrogen-bond donors (Lipinski definition) is 3. The number of nitrogens with one attached hydrogen (secondary N) is 3. The van der Waals surface area contributed by atoms with Crippen LogP contribution in [-0.4, -0.2) is 56.8 Å². The number of benzene rings is 2. The van der Waals surface area contributed by atoms with Crippen LogP contribution in [0, 0.1) is 11.3 Å². The van der Waals surface area contributed by atoms with Crippen molar-refractivity contribution >= 4 is 36.9 Å². The van der Waals surface area contributed by atoms with Gasteiger partial charge in [-0.3, -0.25) is 4.79 Å². The Morgan fingerprint density at radius 2 is 1.90 bits per heavy atom. The largest absolute Gasteiger partial charge is 0.361 e. The number of carbonyl (C=O) groups excluding carboxylic acids is 1. The Hall–Kier alpha value is -3.96. The van der Waals surface area contributed by atoms with Crippen LogP contribution in [0.4, 0.5) is 0 Å². The second-order valence-corrected chi connectivity index (χ2v) is 13.1. The fraction of sp³-hybridized carbons (Fsp3) is 0.259. The van der Waals surface area contributed by atoms with E-state index in [1.54, 1.807) is 64.3 Å². The molecule has 1 atom stereocenters. The number of carbonyl (C=O) groups is 1. The quantitative estimate of drug-likeness (QED) is 0.275. The molecule has 40 heavy (non-hydrogen) atoms. The average Bonchev–Trinajstić information content (AvgIpc) is 3.63. The third-order valence-electron chi connectivity index (χ3n) is 7.12. The number of nitrogens with zero attached hydrogens (tertiary/aromatic N) is 3. The lowest BCUT2D eigenvalue weighted by Crippen LogP contribution is -2.50. The van der Waals surface area contributed by atoms with Crippen LogP contribution >= 0.6 is 0 Å². The molecule has 208 valence electrons. The number of aromatic nitrogens is 2. The highest BCUT2D eigenvalue weighted by Gasteiger charge is 2.32. The van der Waals surface area contributed by atoms with Crippen LogP contribution in [0.5, 0.6) is 0 Å². The SMILES string of the molecule is CNS(=O)(=O)c1ccc2c(c1)CN(C(=O)C(CCn1cccc1C#N)NS(=O)(=O)c1cccc3[nH]ccc13)CC2. The molecule has 1 aliphatic rings. The molecule has 1 amide bonds. The van der Waals surface area contributed by atoms with Crippen molar-refractivity contribution in [1.29, 1.82) is 5.26 Å². The first-order chi connectivity index (χ1) is 19.1. The zero-order valence-corrected chi connectivity index (χ0v) is 23.3. The number of hydrogen-bond acceptors (Lipinski definition) is 6. The molecule has 2 aromatic heterocycles. The van der Waals surface area contributed by atoms with Gasteiger partial charge in [-0.25, -0.2) is 21.6 Å². The summed E-state index contributed by atoms with van der Waals surface area (Å²) in [5.41, 5.74) is 2.67. The van der Waals surface area contributed by atoms with E-state index in [0.29, 0.717) is 35.1 Å². The molecule has 0 saturated heterocycles. The molecule has 2 aromatic carbocycles. The highest BCUT2D eigenvalue weighted by atomic mass is 32.2. The summed E-state index contributed by atoms with van der Waals surface area (Å²) in [5.74, 6) is -0.428. The zero-order chi connectivity index (χ0) is 28.5. The lowest BCUT2D eigenvalue weighted by Gasteiger charge is -2.32. The summed E-state index contributed by atoms with van der Waals surface area (Å²) < 4.78 is 58.4. The lowest BCUT2D eigenvalue weighted by atomic mass is 9.99. The Labute approximate surface area is 232 Å². The molecule has 0 bridgehead atoms. The van der Waals surface area contributed by atoms with Gasteiger partial charge >= 0.3 is 0 Å². The predicted molar refractivity (Wildman–Crippen MR) is 148 cm³/mol. The summed E-state index contributed by atoms with van der Waals surface area (Å²) in [4.78, 5) is 18.6. The first kappa shape index (κ1) is 27.6. The first-order valence-electron chi connectivity index (χ1n) is 12.6. The molecule has 3 heterocycles. The molecule has 1 unspecified atom stereocenters. The molecular formula is C27H28N6O5S2. The highest BCUT2D eigenvalue weighted by Crippen LogP contribution is 2.25. The Kier molecular flexibility index (Phi) is 7.52. The molecule has 1 aliphatic heterocycles. The minimum atomic E-state index is -4.12. The number of fused-ring (bicyclic) bond motifs is 2. The van der Waals surface area contributed by atoms with Crippen molar-refractivity contribution in [1.82, 2.24) is 23.9 Å². The fourth-order valence-corrected chi connectivity index (χ4v) is 7.21. The number of aryl methyl sites for hydroxylation is 1. The summed E-state index contributed by atoms with van der Waals surface area (Å²) in [6.07, 6.45) is 3.95. The van der Waals surface area contributed by atoms with Gasteiger partial charge in [0.25, 0.3) is 0 Å². The van der Waals surface area contributed by atoms with E-state index in [9.17, 15) is 26.9 Å². The Morgan fingerprint density at radius 3 is 2.67 bits per heavy atom. The van der Waals surface area contributed by atoms with Gasteiger partial charge in [0, 0.05) is 42.9 Å². The molecule has 0 saturated carbocycles. The molecule has 13 heteroatoms. The normalized spacial score (nSPS) is 14.6. The maximum absolute atomic E-state index is 13.9. The van der Waals surface area contributed by atoms with E-state index in [4.69, 9.17) is 0 Å². The molecule has 11 nitrogen and oxygen atoms in total. The van der Waals surface area contributed by atoms with Crippen molar-refractivity contribution in [3.63, 3.8) is 0 Å². The van der Waals surface area contributed by atoms with Gasteiger partial charge in [-0.1, -0.05) is 12.1 Å². The summed E-state index contributed by atoms with van der Waals surface area (Å²) in [5, 5.41) is 9.89. The molecule has 0 radical (unpaired) electrons. The molecule has 0 spiro atoms. The van der Waals surface area contributed by atoms with Gasteiger partial charge in [0.1, 0.15) is 17.8 Å². The maximum atomic E-state index is 13.9. The topological polar surface area (TPSA) is 157 Å². The van der Waals surface area contributed by atoms with Crippen molar-refractivity contribution in [3.8, 4) is 6.07 Å². The molecule has 5 rings (SSSR count). The van der Waals surface area contributed by atoms with Crippen molar-refractivity contribution in [2.75, 3.05) is 13.6 Å². The van der Waals surface area contributed by atoms with Gasteiger partial charge in [-0.05, 0) is 73.5 Å². The van der Waals surface area contributed by atoms with E-state index in [-0.39, 0.29) is 29.3 Å². The molecular weight excluding hydrogens is 552 g/mol. The van der Waals surface area contributed by atoms with Crippen molar-refractivity contribution in [2.45, 2.75) is 41.8 Å². The van der Waals surface area contributed by atoms with E-state index >= 15 is 0 Å². The van der Waals surface area contributed by atoms with Gasteiger partial charge in [0.05, 0.1) is 9.79 Å². The minimum Gasteiger partial charge on any atom is -0.361 e. The van der Waals surface area contributed by atoms with Gasteiger partial charge < -0.3 is 14.5 Å². The van der Waals surface area contributed by atoms with Gasteiger partial charge in [0.15, 0.2) is 0 Å². The lowest BCUT2D eigenvalue weighted by molar-refractivity contribution is -0.134. The van der Waals surface area contributed by atoms with Crippen LogP contribution in [0.15, 0.2) is 76.8 Å². The van der Waals surface area contributed by atoms with Crippen LogP contribution in [0.2, 0.25) is 0 Å². The maximum Gasteiger partial charge on any atom is 0.241 e. The number of H-pyrrole nitrogens is 1. The predicted octanol–water partition coefficient (Wildman–Crippen LogP) is 2.07. The number of aromatic amines is 1. The summed E-state index contributed by atoms with van der Waals surface area (Å²) in [6, 6.07) is 15.7. The molecule has 0 fully saturated rings. The Balaban J connectivity index is 1.44. The summed E-state index contributed by atoms with van der Waals surface area (Å²) >= 11 is 0. The van der Waals surface area contributed by atoms with E-state index < -0.39 is 32.0 Å². The van der Waals surface area contributed by atoms with Gasteiger partial charge in [0.2, 0.25) is 26.0 Å². The number of amides is 1. The number of rotatable bonds is 9. The van der Waals surface area contributed by atoms with Crippen molar-refractivity contribution < 1.29 is 21.6 Å². The second kappa shape index (κ2) is 10.9. The summed E-state index contributed by atoms with van der Waals surface area (Å²) in [6.45, 7) is 0.723. The standard InChI is InChI=1S/C27H28N6O5S2/c1-29-39(35,36)22-8-7-19-10-14-33(18-20(19)16-22)27(34)25(11-15-32-13-3-4-21(32)17-28)31-40(37,38)26-6-2-5-24-23(26)9-12-30-24/h2-9,12-13,16,25,29-31H,10-11,14-15,18H2,1H3. The number of nitriles is 1. The monoisotopic (exact) mass is 580 g/mol. The van der Waals surface area contributed by atoms with Gasteiger partial charge in [-0.15, -0.1) is 0 Å². The highest BCUT2D eigenvalue weighted by molar-refractivity contribution is 7.90. The first-order valence-corrected chi connectivity index (χ1v) is 15.6. The molecule has 0 aliphatic carbocycles. The number of sulfonamides is 2. The van der Waals surface area contributed by atoms with Crippen LogP contribution in [0.3, 0.4) is 0 Å². The van der Waals surface area contributed by atoms with E-state index in [1.807, 2.05) is 0 Å². The van der Waals surface area contributed by atoms with Crippen LogP contribution in [-0.2, 0) is 44.4 Å². The van der Waals surface area contributed by atoms with Crippen LogP contribution < -0.4 is 9.44 Å². The summed E-state index contributed by atoms with van der Waals surface area (Å²) in [7, 11) is -6.46. The van der Waals surface area contributed by atoms with Crippen LogP contribution in [0.25, 0.3) is 10.9 Å². The molecule has 4 aromatic rings. The van der Waals surface area contributed by atoms with Crippen molar-refractivity contribution in [3.05, 3.63) is 83.8 Å². The van der Waals surface area contributed by atoms with E-state index in [1.165, 1.54) is 19.2 Å². The minimum absolute atomic E-state index is 0.0497. The second-order valence-electron chi connectivity index (χ2n) is 9.50. The average molecular weight is 581 g/mol. The Bertz CT molecular complexity index is 1840. The van der Waals surface area contributed by atoms with Crippen LogP contribution in [0.1, 0.15) is 23.2 Å². The van der Waals surface area contributed by atoms with Crippen molar-refractivity contribution in [2.24, 2.45) is 0 Å². The Morgan fingerprint density at radius 1 is 1.07 bits per heavy atom.